The van der Waals surface area contributed by atoms with Crippen LogP contribution in [0.5, 0.6) is 0 Å². The molecule has 3 rings (SSSR count). The fraction of sp³-hybridized carbons (Fsp3) is 0.412. The third-order valence-electron chi connectivity index (χ3n) is 3.66. The van der Waals surface area contributed by atoms with E-state index in [4.69, 9.17) is 0 Å². The number of aromatic nitrogens is 1. The number of fused-ring (bicyclic) bond motifs is 1. The lowest BCUT2D eigenvalue weighted by Gasteiger charge is -2.17. The molecule has 0 bridgehead atoms. The summed E-state index contributed by atoms with van der Waals surface area (Å²) in [6.45, 7) is 1.77. The highest BCUT2D eigenvalue weighted by molar-refractivity contribution is 7.18. The maximum Gasteiger partial charge on any atom is 0.311 e. The molecule has 0 saturated heterocycles. The van der Waals surface area contributed by atoms with Crippen LogP contribution in [-0.2, 0) is 5.92 Å². The van der Waals surface area contributed by atoms with Gasteiger partial charge in [-0.3, -0.25) is 4.99 Å². The monoisotopic (exact) mass is 335 g/mol. The third kappa shape index (κ3) is 3.48. The summed E-state index contributed by atoms with van der Waals surface area (Å²) in [4.78, 5) is 10.1. The van der Waals surface area contributed by atoms with Crippen molar-refractivity contribution < 1.29 is 8.78 Å². The summed E-state index contributed by atoms with van der Waals surface area (Å²) in [5.74, 6) is -2.50. The molecule has 122 valence electrons. The lowest BCUT2D eigenvalue weighted by molar-refractivity contribution is -0.0269. The number of allylic oxidation sites excluding steroid dienone is 1. The number of hydrogen-bond donors (Lipinski definition) is 0. The number of likely N-dealkylation sites (N-methyl/N-ethyl adjacent to an activating group) is 1. The Morgan fingerprint density at radius 1 is 1.35 bits per heavy atom. The molecular formula is C17H19F2N3S. The Balaban J connectivity index is 1.94. The highest BCUT2D eigenvalue weighted by atomic mass is 32.1. The molecule has 1 aliphatic rings. The lowest BCUT2D eigenvalue weighted by Crippen LogP contribution is -2.29. The van der Waals surface area contributed by atoms with Crippen LogP contribution < -0.4 is 0 Å². The van der Waals surface area contributed by atoms with E-state index in [9.17, 15) is 8.78 Å². The average Bonchev–Trinajstić information content (AvgIpc) is 2.90. The highest BCUT2D eigenvalue weighted by Gasteiger charge is 2.36. The van der Waals surface area contributed by atoms with Gasteiger partial charge in [0.2, 0.25) is 0 Å². The maximum absolute atomic E-state index is 14.2. The van der Waals surface area contributed by atoms with Gasteiger partial charge in [-0.2, -0.15) is 8.78 Å². The predicted octanol–water partition coefficient (Wildman–Crippen LogP) is 4.40. The molecule has 6 heteroatoms. The van der Waals surface area contributed by atoms with Crippen LogP contribution in [0.25, 0.3) is 15.9 Å². The van der Waals surface area contributed by atoms with Gasteiger partial charge < -0.3 is 4.90 Å². The molecule has 1 aromatic carbocycles. The van der Waals surface area contributed by atoms with Crippen LogP contribution in [0.2, 0.25) is 0 Å². The summed E-state index contributed by atoms with van der Waals surface area (Å²) in [6.07, 6.45) is 4.96. The summed E-state index contributed by atoms with van der Waals surface area (Å²) < 4.78 is 29.2. The van der Waals surface area contributed by atoms with Crippen LogP contribution in [-0.4, -0.2) is 36.7 Å². The van der Waals surface area contributed by atoms with E-state index in [0.29, 0.717) is 11.4 Å². The van der Waals surface area contributed by atoms with Crippen molar-refractivity contribution >= 4 is 33.5 Å². The molecule has 0 saturated carbocycles. The minimum absolute atomic E-state index is 0.131. The maximum atomic E-state index is 14.2. The molecule has 2 aromatic rings. The summed E-state index contributed by atoms with van der Waals surface area (Å²) in [5, 5.41) is -0.131. The fourth-order valence-electron chi connectivity index (χ4n) is 2.52. The second-order valence-electron chi connectivity index (χ2n) is 6.22. The molecule has 0 amide bonds. The number of rotatable bonds is 4. The van der Waals surface area contributed by atoms with Crippen molar-refractivity contribution in [3.8, 4) is 0 Å². The van der Waals surface area contributed by atoms with Crippen molar-refractivity contribution in [3.05, 3.63) is 34.8 Å². The first-order valence-electron chi connectivity index (χ1n) is 7.53. The molecule has 1 unspecified atom stereocenters. The number of thiazole rings is 1. The Morgan fingerprint density at radius 2 is 2.13 bits per heavy atom. The molecule has 1 aliphatic heterocycles. The molecule has 0 N–H and O–H groups in total. The Kier molecular flexibility index (Phi) is 4.29. The van der Waals surface area contributed by atoms with Gasteiger partial charge >= 0.3 is 5.92 Å². The van der Waals surface area contributed by atoms with Gasteiger partial charge in [-0.1, -0.05) is 19.1 Å². The van der Waals surface area contributed by atoms with Gasteiger partial charge in [0.25, 0.3) is 0 Å². The summed E-state index contributed by atoms with van der Waals surface area (Å²) in [6, 6.07) is 5.62. The van der Waals surface area contributed by atoms with E-state index in [1.54, 1.807) is 14.1 Å². The predicted molar refractivity (Wildman–Crippen MR) is 92.3 cm³/mol. The first-order valence-corrected chi connectivity index (χ1v) is 8.35. The van der Waals surface area contributed by atoms with E-state index in [1.807, 2.05) is 24.4 Å². The lowest BCUT2D eigenvalue weighted by atomic mass is 10.0. The molecule has 23 heavy (non-hydrogen) atoms. The summed E-state index contributed by atoms with van der Waals surface area (Å²) in [7, 11) is 3.27. The van der Waals surface area contributed by atoms with E-state index in [-0.39, 0.29) is 11.6 Å². The first-order chi connectivity index (χ1) is 10.8. The van der Waals surface area contributed by atoms with Crippen molar-refractivity contribution in [1.29, 1.82) is 0 Å². The zero-order valence-corrected chi connectivity index (χ0v) is 14.2. The van der Waals surface area contributed by atoms with E-state index in [2.05, 4.69) is 23.0 Å². The van der Waals surface area contributed by atoms with E-state index < -0.39 is 5.92 Å². The van der Waals surface area contributed by atoms with Gasteiger partial charge in [0.1, 0.15) is 0 Å². The van der Waals surface area contributed by atoms with Crippen LogP contribution >= 0.6 is 11.3 Å². The van der Waals surface area contributed by atoms with Crippen molar-refractivity contribution in [2.75, 3.05) is 20.6 Å². The van der Waals surface area contributed by atoms with Gasteiger partial charge in [-0.05, 0) is 38.6 Å². The van der Waals surface area contributed by atoms with Crippen LogP contribution in [0.4, 0.5) is 8.78 Å². The Hall–Kier alpha value is -1.66. The highest BCUT2D eigenvalue weighted by Crippen LogP contribution is 2.36. The van der Waals surface area contributed by atoms with Crippen molar-refractivity contribution in [2.45, 2.75) is 19.3 Å². The molecule has 1 aromatic heterocycles. The van der Waals surface area contributed by atoms with E-state index >= 15 is 0 Å². The molecular weight excluding hydrogens is 316 g/mol. The zero-order chi connectivity index (χ0) is 16.6. The van der Waals surface area contributed by atoms with Crippen molar-refractivity contribution in [3.63, 3.8) is 0 Å². The van der Waals surface area contributed by atoms with Crippen LogP contribution in [0.15, 0.2) is 29.3 Å². The van der Waals surface area contributed by atoms with Crippen LogP contribution in [0.1, 0.15) is 23.9 Å². The van der Waals surface area contributed by atoms with Gasteiger partial charge in [-0.25, -0.2) is 4.98 Å². The van der Waals surface area contributed by atoms with Gasteiger partial charge in [0, 0.05) is 11.8 Å². The minimum Gasteiger partial charge on any atom is -0.303 e. The third-order valence-corrected chi connectivity index (χ3v) is 4.81. The van der Waals surface area contributed by atoms with Crippen LogP contribution in [0.3, 0.4) is 0 Å². The topological polar surface area (TPSA) is 28.5 Å². The van der Waals surface area contributed by atoms with E-state index in [0.717, 1.165) is 33.7 Å². The smallest absolute Gasteiger partial charge is 0.303 e. The van der Waals surface area contributed by atoms with E-state index in [1.165, 1.54) is 4.90 Å². The number of hydrogen-bond acceptors (Lipinski definition) is 4. The van der Waals surface area contributed by atoms with Crippen LogP contribution in [0, 0.1) is 5.92 Å². The summed E-state index contributed by atoms with van der Waals surface area (Å²) >= 11 is 1.06. The minimum atomic E-state index is -2.94. The fourth-order valence-corrected chi connectivity index (χ4v) is 3.43. The first kappa shape index (κ1) is 16.2. The Bertz CT molecular complexity index is 777. The number of aliphatic imine (C=N–C) groups is 1. The standard InChI is InChI=1S/C17H19F2N3S/c1-11-4-6-13(20-9-11)12-5-7-15-14(8-12)21-16(23-15)17(18,19)10-22(2)3/h5-9,11H,4,10H2,1-3H3. The SMILES string of the molecule is CC1C=NC(c2ccc3sc(C(F)(F)CN(C)C)nc3c2)=CC1. The quantitative estimate of drug-likeness (QED) is 0.828. The molecule has 0 fully saturated rings. The zero-order valence-electron chi connectivity index (χ0n) is 13.4. The second-order valence-corrected chi connectivity index (χ2v) is 7.25. The molecule has 0 spiro atoms. The molecule has 3 nitrogen and oxygen atoms in total. The molecule has 0 radical (unpaired) electrons. The van der Waals surface area contributed by atoms with Crippen molar-refractivity contribution in [1.82, 2.24) is 9.88 Å². The number of nitrogens with zero attached hydrogens (tertiary/aromatic N) is 3. The van der Waals surface area contributed by atoms with Gasteiger partial charge in [-0.15, -0.1) is 11.3 Å². The number of benzene rings is 1. The largest absolute Gasteiger partial charge is 0.311 e. The molecule has 2 heterocycles. The van der Waals surface area contributed by atoms with Gasteiger partial charge in [0.15, 0.2) is 5.01 Å². The average molecular weight is 335 g/mol. The molecule has 0 aliphatic carbocycles. The normalized spacial score (nSPS) is 18.7. The Morgan fingerprint density at radius 3 is 2.78 bits per heavy atom. The molecule has 1 atom stereocenters. The van der Waals surface area contributed by atoms with Crippen molar-refractivity contribution in [2.24, 2.45) is 10.9 Å². The Labute approximate surface area is 138 Å². The second kappa shape index (κ2) is 6.09. The number of alkyl halides is 2. The van der Waals surface area contributed by atoms with Gasteiger partial charge in [0.05, 0.1) is 22.5 Å². The summed E-state index contributed by atoms with van der Waals surface area (Å²) in [5.41, 5.74) is 2.42. The number of halogens is 2.